The minimum Gasteiger partial charge on any atom is -0.481 e. The summed E-state index contributed by atoms with van der Waals surface area (Å²) in [7, 11) is 0. The highest BCUT2D eigenvalue weighted by atomic mass is 16.4. The van der Waals surface area contributed by atoms with Crippen LogP contribution in [0.3, 0.4) is 0 Å². The van der Waals surface area contributed by atoms with Crippen molar-refractivity contribution in [3.8, 4) is 0 Å². The number of carbonyl (C=O) groups is 2. The Balaban J connectivity index is 2.87. The summed E-state index contributed by atoms with van der Waals surface area (Å²) in [5.74, 6) is -2.07. The molecule has 0 heterocycles. The molecule has 0 saturated carbocycles. The summed E-state index contributed by atoms with van der Waals surface area (Å²) in [6.07, 6.45) is 1.02. The zero-order valence-electron chi connectivity index (χ0n) is 13.4. The molecule has 0 fully saturated rings. The van der Waals surface area contributed by atoms with Crippen molar-refractivity contribution in [2.24, 2.45) is 17.3 Å². The predicted octanol–water partition coefficient (Wildman–Crippen LogP) is 2.98. The average Bonchev–Trinajstić information content (AvgIpc) is 2.30. The van der Waals surface area contributed by atoms with Crippen LogP contribution in [0.25, 0.3) is 0 Å². The number of hydrogen-bond donors (Lipinski definition) is 2. The van der Waals surface area contributed by atoms with Crippen LogP contribution in [-0.2, 0) is 9.59 Å². The number of carboxylic acids is 1. The second-order valence-electron chi connectivity index (χ2n) is 7.12. The lowest BCUT2D eigenvalue weighted by Crippen LogP contribution is -2.47. The van der Waals surface area contributed by atoms with Gasteiger partial charge in [-0.2, -0.15) is 0 Å². The summed E-state index contributed by atoms with van der Waals surface area (Å²) < 4.78 is 0. The number of amides is 1. The highest BCUT2D eigenvalue weighted by Gasteiger charge is 2.38. The van der Waals surface area contributed by atoms with Gasteiger partial charge in [-0.1, -0.05) is 31.9 Å². The van der Waals surface area contributed by atoms with E-state index >= 15 is 0 Å². The molecule has 4 heteroatoms. The Labute approximate surface area is 121 Å². The van der Waals surface area contributed by atoms with Gasteiger partial charge in [0.25, 0.3) is 0 Å². The first kappa shape index (κ1) is 16.7. The van der Waals surface area contributed by atoms with Gasteiger partial charge in [-0.15, -0.1) is 0 Å². The molecule has 1 aliphatic rings. The number of allylic oxidation sites excluding steroid dienone is 2. The molecule has 4 nitrogen and oxygen atoms in total. The predicted molar refractivity (Wildman–Crippen MR) is 79.3 cm³/mol. The Kier molecular flexibility index (Phi) is 5.00. The van der Waals surface area contributed by atoms with Gasteiger partial charge in [0.15, 0.2) is 0 Å². The Morgan fingerprint density at radius 3 is 2.00 bits per heavy atom. The average molecular weight is 281 g/mol. The van der Waals surface area contributed by atoms with Gasteiger partial charge >= 0.3 is 5.97 Å². The first-order chi connectivity index (χ1) is 9.04. The second-order valence-corrected chi connectivity index (χ2v) is 7.12. The van der Waals surface area contributed by atoms with Crippen LogP contribution in [0, 0.1) is 17.3 Å². The monoisotopic (exact) mass is 281 g/mol. The van der Waals surface area contributed by atoms with E-state index in [9.17, 15) is 14.7 Å². The van der Waals surface area contributed by atoms with Crippen molar-refractivity contribution in [2.45, 2.75) is 60.4 Å². The van der Waals surface area contributed by atoms with Crippen molar-refractivity contribution in [2.75, 3.05) is 0 Å². The molecular weight excluding hydrogens is 254 g/mol. The summed E-state index contributed by atoms with van der Waals surface area (Å²) >= 11 is 0. The van der Waals surface area contributed by atoms with E-state index < -0.39 is 17.8 Å². The maximum Gasteiger partial charge on any atom is 0.307 e. The van der Waals surface area contributed by atoms with Crippen LogP contribution in [0.4, 0.5) is 0 Å². The number of carboxylic acid groups (broad SMARTS) is 1. The third-order valence-corrected chi connectivity index (χ3v) is 4.58. The van der Waals surface area contributed by atoms with Crippen molar-refractivity contribution >= 4 is 11.9 Å². The largest absolute Gasteiger partial charge is 0.481 e. The molecule has 0 aromatic carbocycles. The zero-order chi connectivity index (χ0) is 15.7. The third-order valence-electron chi connectivity index (χ3n) is 4.58. The molecule has 0 spiro atoms. The van der Waals surface area contributed by atoms with Crippen LogP contribution in [0.5, 0.6) is 0 Å². The minimum absolute atomic E-state index is 0.0109. The molecule has 1 amide bonds. The maximum absolute atomic E-state index is 12.4. The number of nitrogens with one attached hydrogen (secondary N) is 1. The van der Waals surface area contributed by atoms with Crippen molar-refractivity contribution in [1.29, 1.82) is 0 Å². The van der Waals surface area contributed by atoms with Crippen LogP contribution in [0.15, 0.2) is 11.1 Å². The smallest absolute Gasteiger partial charge is 0.307 e. The van der Waals surface area contributed by atoms with Gasteiger partial charge in [0, 0.05) is 6.04 Å². The molecule has 0 aromatic rings. The summed E-state index contributed by atoms with van der Waals surface area (Å²) in [5.41, 5.74) is 2.21. The molecule has 0 saturated heterocycles. The Bertz CT molecular complexity index is 431. The van der Waals surface area contributed by atoms with E-state index in [4.69, 9.17) is 0 Å². The van der Waals surface area contributed by atoms with E-state index in [-0.39, 0.29) is 17.4 Å². The molecule has 0 aromatic heterocycles. The van der Waals surface area contributed by atoms with Gasteiger partial charge < -0.3 is 10.4 Å². The Morgan fingerprint density at radius 2 is 1.60 bits per heavy atom. The fourth-order valence-corrected chi connectivity index (χ4v) is 2.36. The van der Waals surface area contributed by atoms with E-state index in [1.165, 1.54) is 0 Å². The first-order valence-electron chi connectivity index (χ1n) is 7.22. The lowest BCUT2D eigenvalue weighted by Gasteiger charge is -2.33. The second kappa shape index (κ2) is 5.98. The van der Waals surface area contributed by atoms with Gasteiger partial charge in [0.1, 0.15) is 0 Å². The molecule has 3 unspecified atom stereocenters. The molecule has 0 aliphatic heterocycles. The standard InChI is InChI=1S/C16H27NO3/c1-9-7-12(13(15(19)20)8-10(9)2)14(18)17-11(3)16(4,5)6/h11-13H,7-8H2,1-6H3,(H,17,18)(H,19,20). The van der Waals surface area contributed by atoms with Crippen LogP contribution < -0.4 is 5.32 Å². The van der Waals surface area contributed by atoms with Crippen LogP contribution >= 0.6 is 0 Å². The van der Waals surface area contributed by atoms with Gasteiger partial charge in [-0.25, -0.2) is 0 Å². The fourth-order valence-electron chi connectivity index (χ4n) is 2.36. The number of carbonyl (C=O) groups excluding carboxylic acids is 1. The van der Waals surface area contributed by atoms with Crippen molar-refractivity contribution < 1.29 is 14.7 Å². The topological polar surface area (TPSA) is 66.4 Å². The van der Waals surface area contributed by atoms with E-state index in [1.807, 2.05) is 20.8 Å². The van der Waals surface area contributed by atoms with Crippen molar-refractivity contribution in [1.82, 2.24) is 5.32 Å². The lowest BCUT2D eigenvalue weighted by atomic mass is 9.75. The van der Waals surface area contributed by atoms with E-state index in [0.717, 1.165) is 11.1 Å². The van der Waals surface area contributed by atoms with Crippen LogP contribution in [0.1, 0.15) is 54.4 Å². The third kappa shape index (κ3) is 3.84. The van der Waals surface area contributed by atoms with E-state index in [1.54, 1.807) is 0 Å². The molecule has 0 bridgehead atoms. The normalized spacial score (nSPS) is 25.3. The Morgan fingerprint density at radius 1 is 1.15 bits per heavy atom. The molecule has 114 valence electrons. The summed E-state index contributed by atoms with van der Waals surface area (Å²) in [6.45, 7) is 12.1. The molecular formula is C16H27NO3. The fraction of sp³-hybridized carbons (Fsp3) is 0.750. The number of hydrogen-bond acceptors (Lipinski definition) is 2. The van der Waals surface area contributed by atoms with Crippen molar-refractivity contribution in [3.63, 3.8) is 0 Å². The molecule has 1 aliphatic carbocycles. The van der Waals surface area contributed by atoms with Gasteiger partial charge in [0.05, 0.1) is 11.8 Å². The Hall–Kier alpha value is -1.32. The maximum atomic E-state index is 12.4. The molecule has 2 N–H and O–H groups in total. The van der Waals surface area contributed by atoms with E-state index in [0.29, 0.717) is 12.8 Å². The highest BCUT2D eigenvalue weighted by molar-refractivity contribution is 5.85. The first-order valence-corrected chi connectivity index (χ1v) is 7.22. The van der Waals surface area contributed by atoms with Gasteiger partial charge in [-0.05, 0) is 39.0 Å². The number of rotatable bonds is 3. The molecule has 3 atom stereocenters. The zero-order valence-corrected chi connectivity index (χ0v) is 13.4. The minimum atomic E-state index is -0.875. The summed E-state index contributed by atoms with van der Waals surface area (Å²) in [6, 6.07) is 0.0109. The lowest BCUT2D eigenvalue weighted by molar-refractivity contribution is -0.147. The highest BCUT2D eigenvalue weighted by Crippen LogP contribution is 2.34. The van der Waals surface area contributed by atoms with Crippen molar-refractivity contribution in [3.05, 3.63) is 11.1 Å². The van der Waals surface area contributed by atoms with E-state index in [2.05, 4.69) is 26.1 Å². The van der Waals surface area contributed by atoms with Crippen LogP contribution in [-0.4, -0.2) is 23.0 Å². The molecule has 0 radical (unpaired) electrons. The SMILES string of the molecule is CC1=C(C)CC(C(=O)NC(C)C(C)(C)C)C(C(=O)O)C1. The number of aliphatic carboxylic acids is 1. The summed E-state index contributed by atoms with van der Waals surface area (Å²) in [5, 5.41) is 12.3. The quantitative estimate of drug-likeness (QED) is 0.782. The van der Waals surface area contributed by atoms with Gasteiger partial charge in [0.2, 0.25) is 5.91 Å². The molecule has 20 heavy (non-hydrogen) atoms. The van der Waals surface area contributed by atoms with Gasteiger partial charge in [-0.3, -0.25) is 9.59 Å². The van der Waals surface area contributed by atoms with Crippen LogP contribution in [0.2, 0.25) is 0 Å². The summed E-state index contributed by atoms with van der Waals surface area (Å²) in [4.78, 5) is 23.8. The molecule has 1 rings (SSSR count).